The van der Waals surface area contributed by atoms with Crippen LogP contribution in [0, 0.1) is 0 Å². The Morgan fingerprint density at radius 2 is 1.69 bits per heavy atom. The molecular formula is C19H23N5O2. The molecule has 7 heteroatoms. The minimum Gasteiger partial charge on any atom is -0.338 e. The van der Waals surface area contributed by atoms with Crippen molar-refractivity contribution in [1.29, 1.82) is 0 Å². The molecule has 1 atom stereocenters. The van der Waals surface area contributed by atoms with Crippen LogP contribution in [-0.2, 0) is 4.79 Å². The van der Waals surface area contributed by atoms with Gasteiger partial charge in [-0.05, 0) is 32.0 Å². The Morgan fingerprint density at radius 1 is 1.04 bits per heavy atom. The van der Waals surface area contributed by atoms with Gasteiger partial charge in [-0.25, -0.2) is 9.97 Å². The second-order valence-electron chi connectivity index (χ2n) is 6.34. The second-order valence-corrected chi connectivity index (χ2v) is 6.34. The fraction of sp³-hybridized carbons (Fsp3) is 0.368. The largest absolute Gasteiger partial charge is 0.338 e. The molecule has 1 aliphatic rings. The second kappa shape index (κ2) is 8.05. The lowest BCUT2D eigenvalue weighted by molar-refractivity contribution is -0.120. The first-order valence-electron chi connectivity index (χ1n) is 8.73. The lowest BCUT2D eigenvalue weighted by Gasteiger charge is -2.37. The Hall–Kier alpha value is -2.80. The first-order valence-corrected chi connectivity index (χ1v) is 8.73. The number of aromatic nitrogens is 2. The van der Waals surface area contributed by atoms with Crippen molar-refractivity contribution in [2.45, 2.75) is 19.9 Å². The summed E-state index contributed by atoms with van der Waals surface area (Å²) in [6.45, 7) is 6.43. The number of carbonyl (C=O) groups excluding carboxylic acids is 2. The Bertz CT molecular complexity index is 773. The fourth-order valence-corrected chi connectivity index (χ4v) is 3.07. The third-order valence-electron chi connectivity index (χ3n) is 4.64. The van der Waals surface area contributed by atoms with Gasteiger partial charge in [0.1, 0.15) is 0 Å². The molecule has 1 unspecified atom stereocenters. The van der Waals surface area contributed by atoms with E-state index >= 15 is 0 Å². The number of hydrogen-bond acceptors (Lipinski definition) is 6. The number of nitrogens with zero attached hydrogens (tertiary/aromatic N) is 4. The number of carbonyl (C=O) groups is 2. The van der Waals surface area contributed by atoms with Crippen molar-refractivity contribution in [3.63, 3.8) is 0 Å². The van der Waals surface area contributed by atoms with Crippen molar-refractivity contribution in [3.8, 4) is 0 Å². The number of amides is 1. The van der Waals surface area contributed by atoms with E-state index in [0.717, 1.165) is 32.1 Å². The molecule has 1 aliphatic heterocycles. The SMILES string of the molecule is CC(=O)c1ccccc1NC(=O)C(C)N1CCN(c2ncccn2)CC1. The van der Waals surface area contributed by atoms with Crippen LogP contribution < -0.4 is 10.2 Å². The number of piperazine rings is 1. The van der Waals surface area contributed by atoms with Gasteiger partial charge in [0.2, 0.25) is 11.9 Å². The molecule has 1 aromatic carbocycles. The number of rotatable bonds is 5. The van der Waals surface area contributed by atoms with Gasteiger partial charge in [-0.15, -0.1) is 0 Å². The van der Waals surface area contributed by atoms with Crippen molar-refractivity contribution >= 4 is 23.3 Å². The van der Waals surface area contributed by atoms with E-state index in [2.05, 4.69) is 25.1 Å². The van der Waals surface area contributed by atoms with E-state index in [9.17, 15) is 9.59 Å². The quantitative estimate of drug-likeness (QED) is 0.826. The molecule has 1 saturated heterocycles. The van der Waals surface area contributed by atoms with Gasteiger partial charge >= 0.3 is 0 Å². The summed E-state index contributed by atoms with van der Waals surface area (Å²) < 4.78 is 0. The average Bonchev–Trinajstić information content (AvgIpc) is 2.68. The van der Waals surface area contributed by atoms with E-state index < -0.39 is 0 Å². The summed E-state index contributed by atoms with van der Waals surface area (Å²) in [6, 6.07) is 8.60. The first-order chi connectivity index (χ1) is 12.6. The molecule has 0 radical (unpaired) electrons. The summed E-state index contributed by atoms with van der Waals surface area (Å²) in [4.78, 5) is 37.1. The van der Waals surface area contributed by atoms with E-state index in [0.29, 0.717) is 11.3 Å². The third kappa shape index (κ3) is 4.05. The maximum absolute atomic E-state index is 12.6. The highest BCUT2D eigenvalue weighted by Gasteiger charge is 2.26. The predicted molar refractivity (Wildman–Crippen MR) is 100 cm³/mol. The fourth-order valence-electron chi connectivity index (χ4n) is 3.07. The van der Waals surface area contributed by atoms with Gasteiger partial charge in [-0.2, -0.15) is 0 Å². The summed E-state index contributed by atoms with van der Waals surface area (Å²) in [5.74, 6) is 0.549. The number of Topliss-reactive ketones (excluding diaryl/α,β-unsaturated/α-hetero) is 1. The van der Waals surface area contributed by atoms with Crippen LogP contribution in [0.5, 0.6) is 0 Å². The highest BCUT2D eigenvalue weighted by Crippen LogP contribution is 2.17. The number of nitrogens with one attached hydrogen (secondary N) is 1. The van der Waals surface area contributed by atoms with Crippen LogP contribution in [0.1, 0.15) is 24.2 Å². The van der Waals surface area contributed by atoms with Crippen molar-refractivity contribution in [1.82, 2.24) is 14.9 Å². The summed E-state index contributed by atoms with van der Waals surface area (Å²) >= 11 is 0. The van der Waals surface area contributed by atoms with Crippen LogP contribution in [-0.4, -0.2) is 58.8 Å². The smallest absolute Gasteiger partial charge is 0.241 e. The van der Waals surface area contributed by atoms with Gasteiger partial charge in [0, 0.05) is 44.1 Å². The Balaban J connectivity index is 1.59. The monoisotopic (exact) mass is 353 g/mol. The number of hydrogen-bond donors (Lipinski definition) is 1. The van der Waals surface area contributed by atoms with Gasteiger partial charge in [0.25, 0.3) is 0 Å². The van der Waals surface area contributed by atoms with Crippen molar-refractivity contribution in [2.75, 3.05) is 36.4 Å². The van der Waals surface area contributed by atoms with Gasteiger partial charge in [-0.1, -0.05) is 12.1 Å². The van der Waals surface area contributed by atoms with Gasteiger partial charge in [-0.3, -0.25) is 14.5 Å². The van der Waals surface area contributed by atoms with E-state index in [1.165, 1.54) is 6.92 Å². The Labute approximate surface area is 153 Å². The lowest BCUT2D eigenvalue weighted by atomic mass is 10.1. The summed E-state index contributed by atoms with van der Waals surface area (Å²) in [5.41, 5.74) is 1.09. The van der Waals surface area contributed by atoms with Crippen LogP contribution in [0.2, 0.25) is 0 Å². The van der Waals surface area contributed by atoms with Gasteiger partial charge < -0.3 is 10.2 Å². The average molecular weight is 353 g/mol. The molecule has 0 spiro atoms. The molecule has 0 saturated carbocycles. The van der Waals surface area contributed by atoms with E-state index in [1.54, 1.807) is 36.7 Å². The molecular weight excluding hydrogens is 330 g/mol. The molecule has 0 aliphatic carbocycles. The zero-order valence-electron chi connectivity index (χ0n) is 15.1. The zero-order chi connectivity index (χ0) is 18.5. The Kier molecular flexibility index (Phi) is 5.58. The maximum atomic E-state index is 12.6. The summed E-state index contributed by atoms with van der Waals surface area (Å²) in [5, 5.41) is 2.89. The minimum absolute atomic E-state index is 0.0648. The van der Waals surface area contributed by atoms with Gasteiger partial charge in [0.15, 0.2) is 5.78 Å². The van der Waals surface area contributed by atoms with Crippen LogP contribution >= 0.6 is 0 Å². The van der Waals surface area contributed by atoms with Crippen LogP contribution in [0.4, 0.5) is 11.6 Å². The van der Waals surface area contributed by atoms with E-state index in [4.69, 9.17) is 0 Å². The molecule has 26 heavy (non-hydrogen) atoms. The molecule has 136 valence electrons. The first kappa shape index (κ1) is 18.0. The molecule has 1 fully saturated rings. The molecule has 1 N–H and O–H groups in total. The number of ketones is 1. The number of benzene rings is 1. The van der Waals surface area contributed by atoms with Crippen molar-refractivity contribution < 1.29 is 9.59 Å². The summed E-state index contributed by atoms with van der Waals surface area (Å²) in [7, 11) is 0. The molecule has 2 heterocycles. The van der Waals surface area contributed by atoms with E-state index in [-0.39, 0.29) is 17.7 Å². The molecule has 2 aromatic rings. The van der Waals surface area contributed by atoms with Crippen molar-refractivity contribution in [2.24, 2.45) is 0 Å². The van der Waals surface area contributed by atoms with Gasteiger partial charge in [0.05, 0.1) is 11.7 Å². The van der Waals surface area contributed by atoms with Crippen LogP contribution in [0.3, 0.4) is 0 Å². The molecule has 7 nitrogen and oxygen atoms in total. The number of para-hydroxylation sites is 1. The normalized spacial score (nSPS) is 16.2. The zero-order valence-corrected chi connectivity index (χ0v) is 15.1. The third-order valence-corrected chi connectivity index (χ3v) is 4.64. The van der Waals surface area contributed by atoms with E-state index in [1.807, 2.05) is 13.0 Å². The minimum atomic E-state index is -0.283. The molecule has 1 aromatic heterocycles. The molecule has 1 amide bonds. The highest BCUT2D eigenvalue weighted by molar-refractivity contribution is 6.04. The molecule has 3 rings (SSSR count). The number of anilines is 2. The van der Waals surface area contributed by atoms with Crippen LogP contribution in [0.25, 0.3) is 0 Å². The lowest BCUT2D eigenvalue weighted by Crippen LogP contribution is -2.53. The standard InChI is InChI=1S/C19H23N5O2/c1-14(18(26)22-17-7-4-3-6-16(17)15(2)25)23-10-12-24(13-11-23)19-20-8-5-9-21-19/h3-9,14H,10-13H2,1-2H3,(H,22,26). The summed E-state index contributed by atoms with van der Waals surface area (Å²) in [6.07, 6.45) is 3.47. The van der Waals surface area contributed by atoms with Crippen molar-refractivity contribution in [3.05, 3.63) is 48.3 Å². The topological polar surface area (TPSA) is 78.4 Å². The predicted octanol–water partition coefficient (Wildman–Crippen LogP) is 1.83. The maximum Gasteiger partial charge on any atom is 0.241 e. The molecule has 0 bridgehead atoms. The van der Waals surface area contributed by atoms with Crippen LogP contribution in [0.15, 0.2) is 42.7 Å². The Morgan fingerprint density at radius 3 is 2.35 bits per heavy atom. The highest BCUT2D eigenvalue weighted by atomic mass is 16.2.